The average molecular weight is 319 g/mol. The zero-order chi connectivity index (χ0) is 13.1. The molecule has 0 aliphatic rings. The second kappa shape index (κ2) is 6.19. The molecule has 0 radical (unpaired) electrons. The van der Waals surface area contributed by atoms with E-state index in [-0.39, 0.29) is 0 Å². The number of hydrogen-bond acceptors (Lipinski definition) is 1. The molecule has 0 aliphatic carbocycles. The standard InChI is InChI=1S/C14H21BrClN/c1-10(14(2,3)4)7-12(15)8-11-5-6-17-9-13(11)16/h5-6,9-10,12H,7-8H2,1-4H3. The van der Waals surface area contributed by atoms with Crippen molar-refractivity contribution in [2.24, 2.45) is 11.3 Å². The second-order valence-corrected chi connectivity index (χ2v) is 7.47. The Bertz CT molecular complexity index is 359. The van der Waals surface area contributed by atoms with Crippen LogP contribution in [0.25, 0.3) is 0 Å². The lowest BCUT2D eigenvalue weighted by Gasteiger charge is -2.29. The summed E-state index contributed by atoms with van der Waals surface area (Å²) in [5, 5.41) is 0.764. The largest absolute Gasteiger partial charge is 0.263 e. The Balaban J connectivity index is 2.56. The van der Waals surface area contributed by atoms with E-state index in [1.54, 1.807) is 12.4 Å². The summed E-state index contributed by atoms with van der Waals surface area (Å²) in [7, 11) is 0. The molecule has 0 fully saturated rings. The maximum absolute atomic E-state index is 6.11. The Kier molecular flexibility index (Phi) is 5.46. The fraction of sp³-hybridized carbons (Fsp3) is 0.643. The SMILES string of the molecule is CC(CC(Br)Cc1ccncc1Cl)C(C)(C)C. The summed E-state index contributed by atoms with van der Waals surface area (Å²) >= 11 is 9.87. The van der Waals surface area contributed by atoms with Gasteiger partial charge >= 0.3 is 0 Å². The lowest BCUT2D eigenvalue weighted by Crippen LogP contribution is -2.21. The van der Waals surface area contributed by atoms with E-state index in [1.807, 2.05) is 6.07 Å². The third-order valence-electron chi connectivity index (χ3n) is 3.39. The minimum absolute atomic E-state index is 0.355. The van der Waals surface area contributed by atoms with Crippen LogP contribution in [-0.4, -0.2) is 9.81 Å². The van der Waals surface area contributed by atoms with Gasteiger partial charge in [0.15, 0.2) is 0 Å². The van der Waals surface area contributed by atoms with Crippen LogP contribution in [0.1, 0.15) is 39.7 Å². The normalized spacial score (nSPS) is 15.6. The van der Waals surface area contributed by atoms with Crippen molar-refractivity contribution in [3.8, 4) is 0 Å². The van der Waals surface area contributed by atoms with Gasteiger partial charge in [-0.05, 0) is 35.8 Å². The van der Waals surface area contributed by atoms with Gasteiger partial charge in [0.1, 0.15) is 0 Å². The molecule has 0 saturated heterocycles. The van der Waals surface area contributed by atoms with Crippen LogP contribution in [0, 0.1) is 11.3 Å². The fourth-order valence-corrected chi connectivity index (χ4v) is 2.73. The topological polar surface area (TPSA) is 12.9 Å². The molecule has 96 valence electrons. The third-order valence-corrected chi connectivity index (χ3v) is 4.42. The Hall–Kier alpha value is -0.0800. The highest BCUT2D eigenvalue weighted by molar-refractivity contribution is 9.09. The fourth-order valence-electron chi connectivity index (χ4n) is 1.63. The van der Waals surface area contributed by atoms with Gasteiger partial charge in [0.05, 0.1) is 5.02 Å². The van der Waals surface area contributed by atoms with Gasteiger partial charge in [0.25, 0.3) is 0 Å². The minimum Gasteiger partial charge on any atom is -0.263 e. The number of nitrogens with zero attached hydrogens (tertiary/aromatic N) is 1. The molecule has 0 amide bonds. The van der Waals surface area contributed by atoms with Crippen LogP contribution in [0.15, 0.2) is 18.5 Å². The first-order valence-corrected chi connectivity index (χ1v) is 7.32. The molecule has 0 aromatic carbocycles. The number of pyridine rings is 1. The summed E-state index contributed by atoms with van der Waals surface area (Å²) in [4.78, 5) is 4.47. The molecule has 1 nitrogen and oxygen atoms in total. The number of rotatable bonds is 4. The van der Waals surface area contributed by atoms with E-state index in [1.165, 1.54) is 5.56 Å². The lowest BCUT2D eigenvalue weighted by atomic mass is 9.79. The summed E-state index contributed by atoms with van der Waals surface area (Å²) in [6, 6.07) is 2.00. The zero-order valence-corrected chi connectivity index (χ0v) is 13.3. The quantitative estimate of drug-likeness (QED) is 0.703. The molecule has 3 heteroatoms. The molecule has 0 bridgehead atoms. The molecule has 0 N–H and O–H groups in total. The summed E-state index contributed by atoms with van der Waals surface area (Å²) in [6.07, 6.45) is 5.63. The zero-order valence-electron chi connectivity index (χ0n) is 11.0. The van der Waals surface area contributed by atoms with Crippen LogP contribution in [0.2, 0.25) is 5.02 Å². The monoisotopic (exact) mass is 317 g/mol. The van der Waals surface area contributed by atoms with Gasteiger partial charge < -0.3 is 0 Å². The first kappa shape index (κ1) is 15.0. The van der Waals surface area contributed by atoms with Crippen LogP contribution in [-0.2, 0) is 6.42 Å². The van der Waals surface area contributed by atoms with E-state index in [9.17, 15) is 0 Å². The van der Waals surface area contributed by atoms with E-state index in [2.05, 4.69) is 48.6 Å². The molecule has 17 heavy (non-hydrogen) atoms. The van der Waals surface area contributed by atoms with Gasteiger partial charge in [-0.15, -0.1) is 0 Å². The van der Waals surface area contributed by atoms with Crippen LogP contribution in [0.3, 0.4) is 0 Å². The van der Waals surface area contributed by atoms with Crippen molar-refractivity contribution in [2.45, 2.75) is 45.4 Å². The van der Waals surface area contributed by atoms with E-state index >= 15 is 0 Å². The molecule has 0 aliphatic heterocycles. The van der Waals surface area contributed by atoms with Crippen molar-refractivity contribution in [2.75, 3.05) is 0 Å². The molecule has 0 saturated carbocycles. The van der Waals surface area contributed by atoms with Gasteiger partial charge in [-0.3, -0.25) is 4.98 Å². The van der Waals surface area contributed by atoms with Gasteiger partial charge in [0.2, 0.25) is 0 Å². The highest BCUT2D eigenvalue weighted by Gasteiger charge is 2.22. The maximum atomic E-state index is 6.11. The van der Waals surface area contributed by atoms with Crippen molar-refractivity contribution in [3.05, 3.63) is 29.0 Å². The molecule has 1 rings (SSSR count). The predicted molar refractivity (Wildman–Crippen MR) is 78.9 cm³/mol. The predicted octanol–water partition coefficient (Wildman–Crippen LogP) is 5.11. The lowest BCUT2D eigenvalue weighted by molar-refractivity contribution is 0.246. The van der Waals surface area contributed by atoms with E-state index in [0.29, 0.717) is 16.2 Å². The molecule has 2 unspecified atom stereocenters. The van der Waals surface area contributed by atoms with Crippen LogP contribution < -0.4 is 0 Å². The second-order valence-electron chi connectivity index (χ2n) is 5.77. The highest BCUT2D eigenvalue weighted by Crippen LogP contribution is 2.32. The summed E-state index contributed by atoms with van der Waals surface area (Å²) in [5.74, 6) is 0.674. The van der Waals surface area contributed by atoms with Crippen molar-refractivity contribution in [1.82, 2.24) is 4.98 Å². The molecule has 2 atom stereocenters. The molecular formula is C14H21BrClN. The number of hydrogen-bond donors (Lipinski definition) is 0. The van der Waals surface area contributed by atoms with Crippen molar-refractivity contribution >= 4 is 27.5 Å². The Morgan fingerprint density at radius 3 is 2.59 bits per heavy atom. The summed E-state index contributed by atoms with van der Waals surface area (Å²) < 4.78 is 0. The maximum Gasteiger partial charge on any atom is 0.0621 e. The molecule has 1 aromatic rings. The van der Waals surface area contributed by atoms with Crippen LogP contribution in [0.4, 0.5) is 0 Å². The van der Waals surface area contributed by atoms with Gasteiger partial charge in [-0.2, -0.15) is 0 Å². The highest BCUT2D eigenvalue weighted by atomic mass is 79.9. The third kappa shape index (κ3) is 4.97. The molecule has 1 heterocycles. The number of alkyl halides is 1. The van der Waals surface area contributed by atoms with E-state index in [4.69, 9.17) is 11.6 Å². The average Bonchev–Trinajstić information content (AvgIpc) is 2.20. The Morgan fingerprint density at radius 2 is 2.06 bits per heavy atom. The molecule has 1 aromatic heterocycles. The minimum atomic E-state index is 0.355. The molecular weight excluding hydrogens is 298 g/mol. The number of aromatic nitrogens is 1. The van der Waals surface area contributed by atoms with E-state index < -0.39 is 0 Å². The van der Waals surface area contributed by atoms with Gasteiger partial charge in [0, 0.05) is 17.2 Å². The summed E-state index contributed by atoms with van der Waals surface area (Å²) in [5.41, 5.74) is 1.53. The molecule has 0 spiro atoms. The first-order chi connectivity index (χ1) is 7.80. The summed E-state index contributed by atoms with van der Waals surface area (Å²) in [6.45, 7) is 9.17. The number of halogens is 2. The van der Waals surface area contributed by atoms with Crippen molar-refractivity contribution in [1.29, 1.82) is 0 Å². The Labute approximate surface area is 118 Å². The van der Waals surface area contributed by atoms with Crippen LogP contribution >= 0.6 is 27.5 Å². The van der Waals surface area contributed by atoms with Crippen molar-refractivity contribution in [3.63, 3.8) is 0 Å². The Morgan fingerprint density at radius 1 is 1.41 bits per heavy atom. The van der Waals surface area contributed by atoms with Crippen LogP contribution in [0.5, 0.6) is 0 Å². The first-order valence-electron chi connectivity index (χ1n) is 6.03. The van der Waals surface area contributed by atoms with E-state index in [0.717, 1.165) is 17.9 Å². The van der Waals surface area contributed by atoms with Gasteiger partial charge in [-0.25, -0.2) is 0 Å². The smallest absolute Gasteiger partial charge is 0.0621 e. The van der Waals surface area contributed by atoms with Gasteiger partial charge in [-0.1, -0.05) is 55.2 Å². The van der Waals surface area contributed by atoms with Crippen molar-refractivity contribution < 1.29 is 0 Å².